The molecule has 2 nitrogen and oxygen atoms in total. The number of nitrogens with one attached hydrogen (secondary N) is 1. The lowest BCUT2D eigenvalue weighted by molar-refractivity contribution is 0.306. The van der Waals surface area contributed by atoms with E-state index in [2.05, 4.69) is 45.5 Å². The predicted octanol–water partition coefficient (Wildman–Crippen LogP) is 4.20. The van der Waals surface area contributed by atoms with E-state index in [1.54, 1.807) is 0 Å². The molecule has 2 aromatic carbocycles. The van der Waals surface area contributed by atoms with Crippen LogP contribution in [0.25, 0.3) is 0 Å². The Morgan fingerprint density at radius 1 is 1.06 bits per heavy atom. The maximum absolute atomic E-state index is 5.82. The Morgan fingerprint density at radius 3 is 2.50 bits per heavy atom. The summed E-state index contributed by atoms with van der Waals surface area (Å²) in [6.45, 7) is 0.593. The van der Waals surface area contributed by atoms with Crippen molar-refractivity contribution in [3.8, 4) is 5.75 Å². The molecular formula is C15H16BrNO. The zero-order valence-electron chi connectivity index (χ0n) is 10.3. The molecule has 3 heteroatoms. The lowest BCUT2D eigenvalue weighted by Crippen LogP contribution is -1.97. The molecule has 0 aliphatic rings. The minimum atomic E-state index is 0.593. The van der Waals surface area contributed by atoms with Crippen LogP contribution < -0.4 is 10.1 Å². The number of hydrogen-bond acceptors (Lipinski definition) is 2. The zero-order valence-corrected chi connectivity index (χ0v) is 11.9. The summed E-state index contributed by atoms with van der Waals surface area (Å²) >= 11 is 3.47. The van der Waals surface area contributed by atoms with Gasteiger partial charge in [0.15, 0.2) is 0 Å². The highest BCUT2D eigenvalue weighted by molar-refractivity contribution is 9.08. The van der Waals surface area contributed by atoms with Gasteiger partial charge in [-0.05, 0) is 23.3 Å². The van der Waals surface area contributed by atoms with E-state index in [0.717, 1.165) is 16.8 Å². The Balaban J connectivity index is 2.09. The fourth-order valence-corrected chi connectivity index (χ4v) is 2.03. The van der Waals surface area contributed by atoms with Gasteiger partial charge in [-0.2, -0.15) is 0 Å². The maximum Gasteiger partial charge on any atom is 0.122 e. The molecule has 2 rings (SSSR count). The molecule has 0 heterocycles. The van der Waals surface area contributed by atoms with Gasteiger partial charge in [0.2, 0.25) is 0 Å². The first-order chi connectivity index (χ1) is 8.81. The summed E-state index contributed by atoms with van der Waals surface area (Å²) in [4.78, 5) is 0. The number of hydrogen-bond donors (Lipinski definition) is 1. The zero-order chi connectivity index (χ0) is 12.8. The fourth-order valence-electron chi connectivity index (χ4n) is 1.71. The van der Waals surface area contributed by atoms with Crippen molar-refractivity contribution >= 4 is 21.6 Å². The monoisotopic (exact) mass is 305 g/mol. The molecule has 0 saturated carbocycles. The van der Waals surface area contributed by atoms with Gasteiger partial charge in [0, 0.05) is 24.1 Å². The smallest absolute Gasteiger partial charge is 0.122 e. The van der Waals surface area contributed by atoms with Gasteiger partial charge < -0.3 is 10.1 Å². The summed E-state index contributed by atoms with van der Waals surface area (Å²) in [6.07, 6.45) is 0. The van der Waals surface area contributed by atoms with Crippen LogP contribution in [0.3, 0.4) is 0 Å². The highest BCUT2D eigenvalue weighted by Crippen LogP contribution is 2.23. The number of benzene rings is 2. The number of anilines is 1. The second kappa shape index (κ2) is 6.45. The summed E-state index contributed by atoms with van der Waals surface area (Å²) in [5.41, 5.74) is 3.44. The molecule has 0 radical (unpaired) electrons. The Hall–Kier alpha value is -1.48. The third kappa shape index (κ3) is 3.50. The lowest BCUT2D eigenvalue weighted by Gasteiger charge is -2.10. The van der Waals surface area contributed by atoms with Gasteiger partial charge >= 0.3 is 0 Å². The van der Waals surface area contributed by atoms with Crippen molar-refractivity contribution in [2.45, 2.75) is 11.9 Å². The molecule has 0 amide bonds. The number of rotatable bonds is 5. The number of ether oxygens (including phenoxy) is 1. The molecule has 0 aliphatic heterocycles. The van der Waals surface area contributed by atoms with Crippen LogP contribution in [0.2, 0.25) is 0 Å². The molecule has 0 spiro atoms. The first-order valence-electron chi connectivity index (χ1n) is 5.86. The summed E-state index contributed by atoms with van der Waals surface area (Å²) in [5.74, 6) is 0.889. The van der Waals surface area contributed by atoms with Gasteiger partial charge in [0.1, 0.15) is 12.4 Å². The van der Waals surface area contributed by atoms with Crippen LogP contribution in [0.15, 0.2) is 48.5 Å². The van der Waals surface area contributed by atoms with E-state index in [9.17, 15) is 0 Å². The molecule has 18 heavy (non-hydrogen) atoms. The van der Waals surface area contributed by atoms with E-state index >= 15 is 0 Å². The van der Waals surface area contributed by atoms with Crippen molar-refractivity contribution in [1.29, 1.82) is 0 Å². The Bertz CT molecular complexity index is 477. The normalized spacial score (nSPS) is 10.1. The first-order valence-corrected chi connectivity index (χ1v) is 6.98. The minimum absolute atomic E-state index is 0.593. The van der Waals surface area contributed by atoms with Crippen LogP contribution in [0, 0.1) is 0 Å². The molecule has 1 N–H and O–H groups in total. The van der Waals surface area contributed by atoms with Gasteiger partial charge in [-0.1, -0.05) is 46.3 Å². The lowest BCUT2D eigenvalue weighted by atomic mass is 10.2. The van der Waals surface area contributed by atoms with E-state index in [0.29, 0.717) is 6.61 Å². The van der Waals surface area contributed by atoms with Gasteiger partial charge in [-0.25, -0.2) is 0 Å². The standard InChI is InChI=1S/C15H16BrNO/c1-17-14-7-13(10-16)8-15(9-14)18-11-12-5-3-2-4-6-12/h2-9,17H,10-11H2,1H3. The average molecular weight is 306 g/mol. The quantitative estimate of drug-likeness (QED) is 0.836. The molecule has 0 atom stereocenters. The highest BCUT2D eigenvalue weighted by atomic mass is 79.9. The van der Waals surface area contributed by atoms with Crippen molar-refractivity contribution in [3.63, 3.8) is 0 Å². The summed E-state index contributed by atoms with van der Waals surface area (Å²) in [5, 5.41) is 3.96. The van der Waals surface area contributed by atoms with Crippen molar-refractivity contribution < 1.29 is 4.74 Å². The van der Waals surface area contributed by atoms with E-state index < -0.39 is 0 Å². The fraction of sp³-hybridized carbons (Fsp3) is 0.200. The van der Waals surface area contributed by atoms with Crippen LogP contribution in [0.4, 0.5) is 5.69 Å². The SMILES string of the molecule is CNc1cc(CBr)cc(OCc2ccccc2)c1. The molecular weight excluding hydrogens is 290 g/mol. The van der Waals surface area contributed by atoms with Crippen molar-refractivity contribution in [2.24, 2.45) is 0 Å². The topological polar surface area (TPSA) is 21.3 Å². The van der Waals surface area contributed by atoms with Crippen molar-refractivity contribution in [2.75, 3.05) is 12.4 Å². The first kappa shape index (κ1) is 13.0. The molecule has 0 saturated heterocycles. The van der Waals surface area contributed by atoms with E-state index in [4.69, 9.17) is 4.74 Å². The molecule has 94 valence electrons. The molecule has 0 aliphatic carbocycles. The van der Waals surface area contributed by atoms with Crippen LogP contribution in [0.5, 0.6) is 5.75 Å². The molecule has 0 fully saturated rings. The van der Waals surface area contributed by atoms with E-state index in [1.165, 1.54) is 11.1 Å². The summed E-state index contributed by atoms with van der Waals surface area (Å²) < 4.78 is 5.82. The van der Waals surface area contributed by atoms with E-state index in [-0.39, 0.29) is 0 Å². The summed E-state index contributed by atoms with van der Waals surface area (Å²) in [7, 11) is 1.91. The van der Waals surface area contributed by atoms with Gasteiger partial charge in [-0.3, -0.25) is 0 Å². The molecule has 0 bridgehead atoms. The largest absolute Gasteiger partial charge is 0.489 e. The van der Waals surface area contributed by atoms with Crippen LogP contribution in [-0.4, -0.2) is 7.05 Å². The summed E-state index contributed by atoms with van der Waals surface area (Å²) in [6, 6.07) is 16.3. The Labute approximate surface area is 116 Å². The van der Waals surface area contributed by atoms with E-state index in [1.807, 2.05) is 31.3 Å². The highest BCUT2D eigenvalue weighted by Gasteiger charge is 2.01. The van der Waals surface area contributed by atoms with Crippen LogP contribution >= 0.6 is 15.9 Å². The third-order valence-electron chi connectivity index (χ3n) is 2.66. The molecule has 0 unspecified atom stereocenters. The Kier molecular flexibility index (Phi) is 4.65. The second-order valence-corrected chi connectivity index (χ2v) is 4.58. The molecule has 2 aromatic rings. The number of halogens is 1. The maximum atomic E-state index is 5.82. The average Bonchev–Trinajstić information content (AvgIpc) is 2.45. The minimum Gasteiger partial charge on any atom is -0.489 e. The van der Waals surface area contributed by atoms with Gasteiger partial charge in [0.25, 0.3) is 0 Å². The van der Waals surface area contributed by atoms with Crippen molar-refractivity contribution in [3.05, 3.63) is 59.7 Å². The van der Waals surface area contributed by atoms with Crippen molar-refractivity contribution in [1.82, 2.24) is 0 Å². The third-order valence-corrected chi connectivity index (χ3v) is 3.31. The van der Waals surface area contributed by atoms with Gasteiger partial charge in [0.05, 0.1) is 0 Å². The van der Waals surface area contributed by atoms with Gasteiger partial charge in [-0.15, -0.1) is 0 Å². The predicted molar refractivity (Wildman–Crippen MR) is 79.4 cm³/mol. The number of alkyl halides is 1. The van der Waals surface area contributed by atoms with Crippen LogP contribution in [0.1, 0.15) is 11.1 Å². The Morgan fingerprint density at radius 2 is 1.83 bits per heavy atom. The molecule has 0 aromatic heterocycles. The van der Waals surface area contributed by atoms with Crippen LogP contribution in [-0.2, 0) is 11.9 Å². The second-order valence-electron chi connectivity index (χ2n) is 4.02.